The third-order valence-corrected chi connectivity index (χ3v) is 3.35. The van der Waals surface area contributed by atoms with E-state index in [1.54, 1.807) is 0 Å². The standard InChI is InChI=1S/C10H18O/c1-7-2-8-4-9(3-7)6-10(11)5-8/h7-11H,2-6H2,1H3. The highest BCUT2D eigenvalue weighted by Crippen LogP contribution is 2.42. The molecule has 1 N–H and O–H groups in total. The molecule has 0 aromatic carbocycles. The molecule has 0 aromatic heterocycles. The highest BCUT2D eigenvalue weighted by Gasteiger charge is 2.33. The molecule has 1 nitrogen and oxygen atoms in total. The zero-order valence-electron chi connectivity index (χ0n) is 7.29. The van der Waals surface area contributed by atoms with Gasteiger partial charge in [-0.15, -0.1) is 0 Å². The first-order valence-electron chi connectivity index (χ1n) is 4.92. The minimum absolute atomic E-state index is 0.0336. The fourth-order valence-corrected chi connectivity index (χ4v) is 3.15. The van der Waals surface area contributed by atoms with Gasteiger partial charge in [0.1, 0.15) is 0 Å². The minimum Gasteiger partial charge on any atom is -0.393 e. The maximum absolute atomic E-state index is 9.50. The maximum Gasteiger partial charge on any atom is 0.0545 e. The third kappa shape index (κ3) is 1.58. The summed E-state index contributed by atoms with van der Waals surface area (Å²) in [6.45, 7) is 2.36. The van der Waals surface area contributed by atoms with E-state index in [1.165, 1.54) is 19.3 Å². The van der Waals surface area contributed by atoms with Crippen LogP contribution in [0.25, 0.3) is 0 Å². The average molecular weight is 154 g/mol. The lowest BCUT2D eigenvalue weighted by Gasteiger charge is -2.39. The summed E-state index contributed by atoms with van der Waals surface area (Å²) in [5.74, 6) is 2.63. The predicted molar refractivity (Wildman–Crippen MR) is 45.2 cm³/mol. The average Bonchev–Trinajstić information content (AvgIpc) is 1.82. The molecule has 0 spiro atoms. The van der Waals surface area contributed by atoms with Gasteiger partial charge in [0, 0.05) is 0 Å². The summed E-state index contributed by atoms with van der Waals surface area (Å²) in [5.41, 5.74) is 0. The highest BCUT2D eigenvalue weighted by atomic mass is 16.3. The van der Waals surface area contributed by atoms with Crippen molar-refractivity contribution in [2.75, 3.05) is 0 Å². The van der Waals surface area contributed by atoms with Crippen LogP contribution in [0, 0.1) is 17.8 Å². The Balaban J connectivity index is 2.00. The van der Waals surface area contributed by atoms with Gasteiger partial charge in [-0.2, -0.15) is 0 Å². The molecule has 0 amide bonds. The van der Waals surface area contributed by atoms with E-state index in [0.29, 0.717) is 0 Å². The molecule has 0 saturated heterocycles. The molecular formula is C10H18O. The first kappa shape index (κ1) is 7.60. The minimum atomic E-state index is 0.0336. The molecule has 2 saturated carbocycles. The van der Waals surface area contributed by atoms with E-state index in [-0.39, 0.29) is 6.10 Å². The van der Waals surface area contributed by atoms with Crippen molar-refractivity contribution in [2.45, 2.75) is 45.1 Å². The zero-order chi connectivity index (χ0) is 7.84. The Morgan fingerprint density at radius 2 is 1.45 bits per heavy atom. The van der Waals surface area contributed by atoms with E-state index < -0.39 is 0 Å². The van der Waals surface area contributed by atoms with Crippen molar-refractivity contribution in [1.82, 2.24) is 0 Å². The fraction of sp³-hybridized carbons (Fsp3) is 1.00. The molecule has 2 rings (SSSR count). The number of aliphatic hydroxyl groups is 1. The summed E-state index contributed by atoms with van der Waals surface area (Å²) >= 11 is 0. The number of fused-ring (bicyclic) bond motifs is 2. The molecule has 2 unspecified atom stereocenters. The molecule has 2 fully saturated rings. The van der Waals surface area contributed by atoms with Crippen LogP contribution in [0.4, 0.5) is 0 Å². The van der Waals surface area contributed by atoms with E-state index in [9.17, 15) is 5.11 Å². The molecule has 1 heteroatoms. The summed E-state index contributed by atoms with van der Waals surface area (Å²) in [6.07, 6.45) is 6.34. The van der Waals surface area contributed by atoms with E-state index >= 15 is 0 Å². The lowest BCUT2D eigenvalue weighted by molar-refractivity contribution is 0.0302. The van der Waals surface area contributed by atoms with Crippen molar-refractivity contribution >= 4 is 0 Å². The van der Waals surface area contributed by atoms with Crippen LogP contribution >= 0.6 is 0 Å². The van der Waals surface area contributed by atoms with Gasteiger partial charge < -0.3 is 5.11 Å². The SMILES string of the molecule is CC1CC2CC(O)CC(C1)C2. The molecule has 0 heterocycles. The number of rotatable bonds is 0. The quantitative estimate of drug-likeness (QED) is 0.567. The number of hydrogen-bond acceptors (Lipinski definition) is 1. The summed E-state index contributed by atoms with van der Waals surface area (Å²) < 4.78 is 0. The maximum atomic E-state index is 9.50. The monoisotopic (exact) mass is 154 g/mol. The van der Waals surface area contributed by atoms with E-state index in [1.807, 2.05) is 0 Å². The Morgan fingerprint density at radius 3 is 2.00 bits per heavy atom. The first-order valence-corrected chi connectivity index (χ1v) is 4.92. The highest BCUT2D eigenvalue weighted by molar-refractivity contribution is 4.85. The van der Waals surface area contributed by atoms with E-state index in [0.717, 1.165) is 30.6 Å². The summed E-state index contributed by atoms with van der Waals surface area (Å²) in [7, 11) is 0. The molecule has 64 valence electrons. The molecule has 0 radical (unpaired) electrons. The van der Waals surface area contributed by atoms with Gasteiger partial charge >= 0.3 is 0 Å². The van der Waals surface area contributed by atoms with Gasteiger partial charge in [-0.1, -0.05) is 6.92 Å². The van der Waals surface area contributed by atoms with Gasteiger partial charge in [0.05, 0.1) is 6.10 Å². The number of hydrogen-bond donors (Lipinski definition) is 1. The van der Waals surface area contributed by atoms with Gasteiger partial charge in [-0.05, 0) is 49.9 Å². The van der Waals surface area contributed by atoms with Crippen molar-refractivity contribution in [2.24, 2.45) is 17.8 Å². The third-order valence-electron chi connectivity index (χ3n) is 3.35. The van der Waals surface area contributed by atoms with Crippen molar-refractivity contribution < 1.29 is 5.11 Å². The molecule has 0 aromatic rings. The van der Waals surface area contributed by atoms with Crippen molar-refractivity contribution in [1.29, 1.82) is 0 Å². The molecule has 11 heavy (non-hydrogen) atoms. The number of aliphatic hydroxyl groups excluding tert-OH is 1. The Hall–Kier alpha value is -0.0400. The summed E-state index contributed by atoms with van der Waals surface area (Å²) in [5, 5.41) is 9.50. The van der Waals surface area contributed by atoms with Crippen LogP contribution in [0.3, 0.4) is 0 Å². The van der Waals surface area contributed by atoms with Crippen molar-refractivity contribution in [3.8, 4) is 0 Å². The normalized spacial score (nSPS) is 50.7. The molecular weight excluding hydrogens is 136 g/mol. The second-order valence-electron chi connectivity index (χ2n) is 4.67. The first-order chi connectivity index (χ1) is 5.24. The van der Waals surface area contributed by atoms with Gasteiger partial charge in [-0.3, -0.25) is 0 Å². The molecule has 0 aliphatic heterocycles. The summed E-state index contributed by atoms with van der Waals surface area (Å²) in [4.78, 5) is 0. The summed E-state index contributed by atoms with van der Waals surface area (Å²) in [6, 6.07) is 0. The topological polar surface area (TPSA) is 20.2 Å². The molecule has 2 bridgehead atoms. The van der Waals surface area contributed by atoms with Gasteiger partial charge in [0.2, 0.25) is 0 Å². The predicted octanol–water partition coefficient (Wildman–Crippen LogP) is 2.19. The van der Waals surface area contributed by atoms with Gasteiger partial charge in [0.25, 0.3) is 0 Å². The Bertz CT molecular complexity index is 110. The second-order valence-corrected chi connectivity index (χ2v) is 4.67. The largest absolute Gasteiger partial charge is 0.393 e. The lowest BCUT2D eigenvalue weighted by Crippen LogP contribution is -2.32. The van der Waals surface area contributed by atoms with Gasteiger partial charge in [-0.25, -0.2) is 0 Å². The van der Waals surface area contributed by atoms with Crippen molar-refractivity contribution in [3.63, 3.8) is 0 Å². The zero-order valence-corrected chi connectivity index (χ0v) is 7.29. The Morgan fingerprint density at radius 1 is 0.909 bits per heavy atom. The van der Waals surface area contributed by atoms with Crippen LogP contribution in [0.15, 0.2) is 0 Å². The van der Waals surface area contributed by atoms with Crippen LogP contribution in [0.1, 0.15) is 39.0 Å². The van der Waals surface area contributed by atoms with Crippen LogP contribution in [-0.2, 0) is 0 Å². The van der Waals surface area contributed by atoms with E-state index in [4.69, 9.17) is 0 Å². The molecule has 2 aliphatic carbocycles. The van der Waals surface area contributed by atoms with E-state index in [2.05, 4.69) is 6.92 Å². The molecule has 2 aliphatic rings. The second kappa shape index (κ2) is 2.78. The fourth-order valence-electron chi connectivity index (χ4n) is 3.15. The lowest BCUT2D eigenvalue weighted by atomic mass is 9.68. The van der Waals surface area contributed by atoms with Crippen LogP contribution in [-0.4, -0.2) is 11.2 Å². The van der Waals surface area contributed by atoms with Crippen LogP contribution in [0.5, 0.6) is 0 Å². The smallest absolute Gasteiger partial charge is 0.0545 e. The Kier molecular flexibility index (Phi) is 1.92. The Labute approximate surface area is 68.8 Å². The molecule has 2 atom stereocenters. The van der Waals surface area contributed by atoms with Crippen LogP contribution in [0.2, 0.25) is 0 Å². The van der Waals surface area contributed by atoms with Crippen LogP contribution < -0.4 is 0 Å². The van der Waals surface area contributed by atoms with Gasteiger partial charge in [0.15, 0.2) is 0 Å². The van der Waals surface area contributed by atoms with Crippen molar-refractivity contribution in [3.05, 3.63) is 0 Å².